The Balaban J connectivity index is 2.32. The van der Waals surface area contributed by atoms with E-state index in [2.05, 4.69) is 10.1 Å². The average Bonchev–Trinajstić information content (AvgIpc) is 2.99. The van der Waals surface area contributed by atoms with Gasteiger partial charge in [-0.25, -0.2) is 0 Å². The number of carbonyl (C=O) groups excluding carboxylic acids is 1. The van der Waals surface area contributed by atoms with Crippen molar-refractivity contribution >= 4 is 5.91 Å². The Labute approximate surface area is 141 Å². The minimum absolute atomic E-state index is 0.120. The molecule has 0 aliphatic rings. The van der Waals surface area contributed by atoms with Gasteiger partial charge in [0.2, 0.25) is 5.91 Å². The Kier molecular flexibility index (Phi) is 6.31. The topological polar surface area (TPSA) is 75.5 Å². The van der Waals surface area contributed by atoms with Gasteiger partial charge in [0.25, 0.3) is 0 Å². The lowest BCUT2D eigenvalue weighted by Crippen LogP contribution is -2.16. The van der Waals surface area contributed by atoms with Crippen molar-refractivity contribution in [1.82, 2.24) is 14.8 Å². The summed E-state index contributed by atoms with van der Waals surface area (Å²) in [5, 5.41) is 4.20. The van der Waals surface area contributed by atoms with E-state index >= 15 is 0 Å². The van der Waals surface area contributed by atoms with Crippen LogP contribution in [0.4, 0.5) is 0 Å². The fourth-order valence-corrected chi connectivity index (χ4v) is 2.11. The molecule has 0 amide bonds. The molecule has 0 aliphatic carbocycles. The van der Waals surface area contributed by atoms with Crippen LogP contribution in [0.2, 0.25) is 0 Å². The Hall–Kier alpha value is -2.41. The number of hydrogen-bond acceptors (Lipinski definition) is 6. The number of nitrogens with zero attached hydrogens (tertiary/aromatic N) is 3. The summed E-state index contributed by atoms with van der Waals surface area (Å²) in [7, 11) is 3.19. The first-order valence-electron chi connectivity index (χ1n) is 7.81. The van der Waals surface area contributed by atoms with Gasteiger partial charge in [0.05, 0.1) is 13.7 Å². The van der Waals surface area contributed by atoms with Crippen molar-refractivity contribution in [2.75, 3.05) is 27.4 Å². The van der Waals surface area contributed by atoms with Crippen molar-refractivity contribution in [2.45, 2.75) is 20.3 Å². The van der Waals surface area contributed by atoms with Gasteiger partial charge in [0.15, 0.2) is 5.82 Å². The third kappa shape index (κ3) is 4.55. The number of hydrogen-bond donors (Lipinski definition) is 0. The lowest BCUT2D eigenvalue weighted by atomic mass is 10.1. The van der Waals surface area contributed by atoms with Crippen molar-refractivity contribution < 1.29 is 19.0 Å². The maximum absolute atomic E-state index is 12.5. The molecule has 0 N–H and O–H groups in total. The van der Waals surface area contributed by atoms with Crippen molar-refractivity contribution in [3.05, 3.63) is 24.3 Å². The van der Waals surface area contributed by atoms with E-state index in [1.165, 1.54) is 4.68 Å². The van der Waals surface area contributed by atoms with E-state index in [0.29, 0.717) is 25.5 Å². The molecule has 0 saturated carbocycles. The van der Waals surface area contributed by atoms with Gasteiger partial charge >= 0.3 is 6.01 Å². The number of rotatable bonds is 8. The van der Waals surface area contributed by atoms with Crippen LogP contribution in [-0.4, -0.2) is 48.1 Å². The van der Waals surface area contributed by atoms with Gasteiger partial charge in [-0.3, -0.25) is 4.79 Å². The van der Waals surface area contributed by atoms with Gasteiger partial charge in [0.1, 0.15) is 12.4 Å². The molecule has 130 valence electrons. The van der Waals surface area contributed by atoms with Crippen LogP contribution in [0, 0.1) is 5.92 Å². The summed E-state index contributed by atoms with van der Waals surface area (Å²) < 4.78 is 16.9. The number of benzene rings is 1. The summed E-state index contributed by atoms with van der Waals surface area (Å²) in [6, 6.07) is 7.45. The SMILES string of the molecule is COCCOc1nc(-c2ccc(OC)cc2)n(C(=O)CC(C)C)n1. The fourth-order valence-electron chi connectivity index (χ4n) is 2.11. The van der Waals surface area contributed by atoms with Crippen molar-refractivity contribution in [3.63, 3.8) is 0 Å². The predicted molar refractivity (Wildman–Crippen MR) is 89.5 cm³/mol. The molecule has 7 heteroatoms. The van der Waals surface area contributed by atoms with Crippen molar-refractivity contribution in [3.8, 4) is 23.1 Å². The lowest BCUT2D eigenvalue weighted by Gasteiger charge is -2.07. The monoisotopic (exact) mass is 333 g/mol. The summed E-state index contributed by atoms with van der Waals surface area (Å²) in [6.07, 6.45) is 0.379. The van der Waals surface area contributed by atoms with E-state index in [4.69, 9.17) is 14.2 Å². The van der Waals surface area contributed by atoms with Gasteiger partial charge in [-0.05, 0) is 30.2 Å². The van der Waals surface area contributed by atoms with Crippen LogP contribution in [-0.2, 0) is 4.74 Å². The summed E-state index contributed by atoms with van der Waals surface area (Å²) >= 11 is 0. The van der Waals surface area contributed by atoms with E-state index in [-0.39, 0.29) is 17.8 Å². The normalized spacial score (nSPS) is 10.9. The van der Waals surface area contributed by atoms with Crippen molar-refractivity contribution in [1.29, 1.82) is 0 Å². The highest BCUT2D eigenvalue weighted by atomic mass is 16.5. The molecule has 7 nitrogen and oxygen atoms in total. The van der Waals surface area contributed by atoms with E-state index < -0.39 is 0 Å². The van der Waals surface area contributed by atoms with Gasteiger partial charge in [0, 0.05) is 19.1 Å². The van der Waals surface area contributed by atoms with Crippen LogP contribution < -0.4 is 9.47 Å². The molecule has 0 aliphatic heterocycles. The minimum Gasteiger partial charge on any atom is -0.497 e. The second kappa shape index (κ2) is 8.44. The first-order chi connectivity index (χ1) is 11.5. The maximum atomic E-state index is 12.5. The summed E-state index contributed by atoms with van der Waals surface area (Å²) in [5.74, 6) is 1.29. The molecule has 0 unspecified atom stereocenters. The standard InChI is InChI=1S/C17H23N3O4/c1-12(2)11-15(21)20-16(13-5-7-14(23-4)8-6-13)18-17(19-20)24-10-9-22-3/h5-8,12H,9-11H2,1-4H3. The van der Waals surface area contributed by atoms with Gasteiger partial charge in [-0.15, -0.1) is 5.10 Å². The van der Waals surface area contributed by atoms with E-state index in [1.807, 2.05) is 38.1 Å². The van der Waals surface area contributed by atoms with Crippen LogP contribution in [0.3, 0.4) is 0 Å². The third-order valence-corrected chi connectivity index (χ3v) is 3.27. The Bertz CT molecular complexity index is 665. The van der Waals surface area contributed by atoms with E-state index in [1.54, 1.807) is 14.2 Å². The van der Waals surface area contributed by atoms with Crippen LogP contribution in [0.1, 0.15) is 25.1 Å². The molecule has 0 saturated heterocycles. The molecule has 0 radical (unpaired) electrons. The molecule has 0 fully saturated rings. The quantitative estimate of drug-likeness (QED) is 0.691. The summed E-state index contributed by atoms with van der Waals surface area (Å²) in [6.45, 7) is 4.71. The summed E-state index contributed by atoms with van der Waals surface area (Å²) in [4.78, 5) is 16.8. The predicted octanol–water partition coefficient (Wildman–Crippen LogP) is 2.67. The zero-order valence-electron chi connectivity index (χ0n) is 14.5. The molecule has 0 bridgehead atoms. The van der Waals surface area contributed by atoms with Crippen LogP contribution in [0.15, 0.2) is 24.3 Å². The summed E-state index contributed by atoms with van der Waals surface area (Å²) in [5.41, 5.74) is 0.766. The zero-order valence-corrected chi connectivity index (χ0v) is 14.5. The van der Waals surface area contributed by atoms with Crippen LogP contribution in [0.25, 0.3) is 11.4 Å². The number of carbonyl (C=O) groups is 1. The maximum Gasteiger partial charge on any atom is 0.336 e. The highest BCUT2D eigenvalue weighted by Crippen LogP contribution is 2.23. The highest BCUT2D eigenvalue weighted by molar-refractivity contribution is 5.82. The van der Waals surface area contributed by atoms with Gasteiger partial charge < -0.3 is 14.2 Å². The Morgan fingerprint density at radius 1 is 1.17 bits per heavy atom. The van der Waals surface area contributed by atoms with Crippen molar-refractivity contribution in [2.24, 2.45) is 5.92 Å². The molecule has 24 heavy (non-hydrogen) atoms. The second-order valence-corrected chi connectivity index (χ2v) is 5.69. The highest BCUT2D eigenvalue weighted by Gasteiger charge is 2.19. The minimum atomic E-state index is -0.120. The molecule has 2 aromatic rings. The average molecular weight is 333 g/mol. The number of aromatic nitrogens is 3. The van der Waals surface area contributed by atoms with Crippen LogP contribution in [0.5, 0.6) is 11.8 Å². The van der Waals surface area contributed by atoms with Gasteiger partial charge in [-0.2, -0.15) is 9.67 Å². The smallest absolute Gasteiger partial charge is 0.336 e. The Morgan fingerprint density at radius 3 is 2.46 bits per heavy atom. The number of ether oxygens (including phenoxy) is 3. The van der Waals surface area contributed by atoms with E-state index in [0.717, 1.165) is 11.3 Å². The van der Waals surface area contributed by atoms with E-state index in [9.17, 15) is 4.79 Å². The Morgan fingerprint density at radius 2 is 1.88 bits per heavy atom. The molecule has 0 spiro atoms. The molecular weight excluding hydrogens is 310 g/mol. The largest absolute Gasteiger partial charge is 0.497 e. The molecule has 0 atom stereocenters. The molecule has 1 heterocycles. The first kappa shape index (κ1) is 17.9. The van der Waals surface area contributed by atoms with Gasteiger partial charge in [-0.1, -0.05) is 13.8 Å². The molecule has 1 aromatic heterocycles. The molecular formula is C17H23N3O4. The first-order valence-corrected chi connectivity index (χ1v) is 7.81. The van der Waals surface area contributed by atoms with Crippen LogP contribution >= 0.6 is 0 Å². The fraction of sp³-hybridized carbons (Fsp3) is 0.471. The lowest BCUT2D eigenvalue weighted by molar-refractivity contribution is 0.0869. The second-order valence-electron chi connectivity index (χ2n) is 5.69. The third-order valence-electron chi connectivity index (χ3n) is 3.27. The molecule has 2 rings (SSSR count). The zero-order chi connectivity index (χ0) is 17.5. The number of methoxy groups -OCH3 is 2. The molecule has 1 aromatic carbocycles.